The summed E-state index contributed by atoms with van der Waals surface area (Å²) in [5.74, 6) is 0. The Labute approximate surface area is 317 Å². The summed E-state index contributed by atoms with van der Waals surface area (Å²) in [6.07, 6.45) is 16.0. The Morgan fingerprint density at radius 2 is 0.648 bits per heavy atom. The molecule has 2 aliphatic rings. The average Bonchev–Trinajstić information content (AvgIpc) is 3.26. The number of hydrogen-bond acceptors (Lipinski definition) is 0. The third-order valence-corrected chi connectivity index (χ3v) is 11.5. The third-order valence-electron chi connectivity index (χ3n) is 11.5. The van der Waals surface area contributed by atoms with Gasteiger partial charge in [0.25, 0.3) is 0 Å². The van der Waals surface area contributed by atoms with Gasteiger partial charge in [-0.2, -0.15) is 0 Å². The van der Waals surface area contributed by atoms with Gasteiger partial charge in [-0.3, -0.25) is 0 Å². The Balaban J connectivity index is 1.39. The molecule has 0 aromatic heterocycles. The lowest BCUT2D eigenvalue weighted by atomic mass is 9.76. The van der Waals surface area contributed by atoms with E-state index in [1.807, 2.05) is 0 Å². The van der Waals surface area contributed by atoms with Gasteiger partial charge < -0.3 is 0 Å². The first-order valence-corrected chi connectivity index (χ1v) is 19.3. The predicted octanol–water partition coefficient (Wildman–Crippen LogP) is 15.2. The molecule has 0 amide bonds. The normalized spacial score (nSPS) is 14.3. The molecule has 0 heteroatoms. The fraction of sp³-hybridized carbons (Fsp3) is 0.0741. The Kier molecular flexibility index (Phi) is 8.23. The van der Waals surface area contributed by atoms with Gasteiger partial charge >= 0.3 is 0 Å². The monoisotopic (exact) mass is 688 g/mol. The van der Waals surface area contributed by atoms with E-state index in [0.717, 1.165) is 25.7 Å². The molecule has 256 valence electrons. The zero-order chi connectivity index (χ0) is 35.8. The van der Waals surface area contributed by atoms with Gasteiger partial charge in [-0.05, 0) is 125 Å². The lowest BCUT2D eigenvalue weighted by Crippen LogP contribution is -2.02. The van der Waals surface area contributed by atoms with E-state index < -0.39 is 0 Å². The molecule has 0 spiro atoms. The Hall–Kier alpha value is -6.50. The molecule has 0 saturated carbocycles. The number of rotatable bonds is 6. The molecule has 0 heterocycles. The zero-order valence-electron chi connectivity index (χ0n) is 30.3. The van der Waals surface area contributed by atoms with Crippen molar-refractivity contribution in [2.45, 2.75) is 25.7 Å². The van der Waals surface area contributed by atoms with Crippen LogP contribution in [0.3, 0.4) is 0 Å². The van der Waals surface area contributed by atoms with Crippen LogP contribution in [-0.2, 0) is 0 Å². The van der Waals surface area contributed by atoms with Gasteiger partial charge in [0.05, 0.1) is 0 Å². The summed E-state index contributed by atoms with van der Waals surface area (Å²) in [6, 6.07) is 60.4. The second-order valence-electron chi connectivity index (χ2n) is 14.6. The van der Waals surface area contributed by atoms with Crippen molar-refractivity contribution in [3.8, 4) is 44.5 Å². The predicted molar refractivity (Wildman–Crippen MR) is 232 cm³/mol. The van der Waals surface area contributed by atoms with Crippen molar-refractivity contribution in [1.29, 1.82) is 0 Å². The Morgan fingerprint density at radius 3 is 1.13 bits per heavy atom. The van der Waals surface area contributed by atoms with Crippen LogP contribution in [-0.4, -0.2) is 0 Å². The van der Waals surface area contributed by atoms with Crippen LogP contribution in [0.2, 0.25) is 0 Å². The van der Waals surface area contributed by atoms with Crippen LogP contribution in [0.25, 0.3) is 82.4 Å². The topological polar surface area (TPSA) is 0 Å². The quantitative estimate of drug-likeness (QED) is 0.153. The van der Waals surface area contributed by atoms with Gasteiger partial charge in [-0.15, -0.1) is 0 Å². The van der Waals surface area contributed by atoms with Crippen molar-refractivity contribution in [1.82, 2.24) is 0 Å². The maximum Gasteiger partial charge on any atom is -0.000151 e. The van der Waals surface area contributed by atoms with Gasteiger partial charge in [0, 0.05) is 0 Å². The molecule has 0 bridgehead atoms. The standard InChI is InChI=1S/C54H40/c1-5-17-37(18-6-1)39-29-33-43(34-30-39)51-47-27-15-16-28-48(47)52(44-35-31-40(32-36-44)38-19-7-2-8-20-38)54-50(42-23-11-4-12-24-42)46-26-14-13-25-45(46)49(53(51)54)41-21-9-3-10-22-41/h1-7,9-19,21-31,33-35H,8,20,32,36H2. The zero-order valence-corrected chi connectivity index (χ0v) is 30.3. The minimum absolute atomic E-state index is 0.999. The fourth-order valence-corrected chi connectivity index (χ4v) is 9.01. The van der Waals surface area contributed by atoms with Gasteiger partial charge in [0.15, 0.2) is 0 Å². The van der Waals surface area contributed by atoms with Crippen LogP contribution in [0.5, 0.6) is 0 Å². The van der Waals surface area contributed by atoms with E-state index in [1.54, 1.807) is 0 Å². The minimum Gasteiger partial charge on any atom is -0.0842 e. The summed E-state index contributed by atoms with van der Waals surface area (Å²) in [5.41, 5.74) is 15.8. The molecule has 0 N–H and O–H groups in total. The largest absolute Gasteiger partial charge is 0.0842 e. The number of fused-ring (bicyclic) bond motifs is 3. The molecule has 0 atom stereocenters. The highest BCUT2D eigenvalue weighted by molar-refractivity contribution is 6.32. The van der Waals surface area contributed by atoms with E-state index >= 15 is 0 Å². The van der Waals surface area contributed by atoms with Crippen LogP contribution >= 0.6 is 0 Å². The molecular formula is C54H40. The minimum atomic E-state index is 0.999. The van der Waals surface area contributed by atoms with Gasteiger partial charge in [0.2, 0.25) is 0 Å². The fourth-order valence-electron chi connectivity index (χ4n) is 9.01. The molecule has 8 aromatic rings. The molecule has 0 aliphatic heterocycles. The van der Waals surface area contributed by atoms with Crippen LogP contribution in [0.4, 0.5) is 0 Å². The molecule has 0 saturated heterocycles. The first-order chi connectivity index (χ1) is 26.8. The number of benzene rings is 8. The van der Waals surface area contributed by atoms with Crippen molar-refractivity contribution < 1.29 is 0 Å². The van der Waals surface area contributed by atoms with E-state index in [-0.39, 0.29) is 0 Å². The summed E-state index contributed by atoms with van der Waals surface area (Å²) in [7, 11) is 0. The molecule has 0 fully saturated rings. The summed E-state index contributed by atoms with van der Waals surface area (Å²) in [6.45, 7) is 0. The van der Waals surface area contributed by atoms with Crippen LogP contribution in [0, 0.1) is 0 Å². The average molecular weight is 689 g/mol. The van der Waals surface area contributed by atoms with Crippen LogP contribution < -0.4 is 0 Å². The maximum atomic E-state index is 2.44. The van der Waals surface area contributed by atoms with Crippen LogP contribution in [0.15, 0.2) is 205 Å². The van der Waals surface area contributed by atoms with E-state index in [4.69, 9.17) is 0 Å². The van der Waals surface area contributed by atoms with E-state index in [2.05, 4.69) is 194 Å². The molecular weight excluding hydrogens is 649 g/mol. The summed E-state index contributed by atoms with van der Waals surface area (Å²) >= 11 is 0. The van der Waals surface area contributed by atoms with Crippen molar-refractivity contribution in [2.75, 3.05) is 0 Å². The third kappa shape index (κ3) is 5.54. The van der Waals surface area contributed by atoms with Crippen molar-refractivity contribution in [3.05, 3.63) is 211 Å². The molecule has 0 nitrogen and oxygen atoms in total. The molecule has 0 unspecified atom stereocenters. The SMILES string of the molecule is C1=CCCC(C2=CC=C(c3c4ccccc4c(-c4ccc(-c5ccccc5)cc4)c4c(-c5ccccc5)c5ccccc5c(-c5ccccc5)c34)CC2)=C1. The molecule has 2 aliphatic carbocycles. The maximum absolute atomic E-state index is 2.44. The van der Waals surface area contributed by atoms with E-state index in [9.17, 15) is 0 Å². The van der Waals surface area contributed by atoms with E-state index in [0.29, 0.717) is 0 Å². The van der Waals surface area contributed by atoms with E-state index in [1.165, 1.54) is 99.1 Å². The highest BCUT2D eigenvalue weighted by Crippen LogP contribution is 2.53. The smallest absolute Gasteiger partial charge is 0.000151 e. The second kappa shape index (κ2) is 13.8. The molecule has 54 heavy (non-hydrogen) atoms. The summed E-state index contributed by atoms with van der Waals surface area (Å²) in [4.78, 5) is 0. The highest BCUT2D eigenvalue weighted by Gasteiger charge is 2.27. The lowest BCUT2D eigenvalue weighted by Gasteiger charge is -2.27. The van der Waals surface area contributed by atoms with Crippen molar-refractivity contribution in [3.63, 3.8) is 0 Å². The lowest BCUT2D eigenvalue weighted by molar-refractivity contribution is 0.906. The number of allylic oxidation sites excluding steroid dienone is 8. The molecule has 8 aromatic carbocycles. The van der Waals surface area contributed by atoms with Gasteiger partial charge in [-0.25, -0.2) is 0 Å². The molecule has 10 rings (SSSR count). The highest BCUT2D eigenvalue weighted by atomic mass is 14.3. The van der Waals surface area contributed by atoms with Crippen molar-refractivity contribution >= 4 is 37.9 Å². The van der Waals surface area contributed by atoms with Gasteiger partial charge in [0.1, 0.15) is 0 Å². The summed E-state index contributed by atoms with van der Waals surface area (Å²) < 4.78 is 0. The van der Waals surface area contributed by atoms with Crippen molar-refractivity contribution in [2.24, 2.45) is 0 Å². The van der Waals surface area contributed by atoms with Crippen LogP contribution in [0.1, 0.15) is 31.2 Å². The number of hydrogen-bond donors (Lipinski definition) is 0. The second-order valence-corrected chi connectivity index (χ2v) is 14.6. The Bertz CT molecular complexity index is 2810. The Morgan fingerprint density at radius 1 is 0.278 bits per heavy atom. The van der Waals surface area contributed by atoms with Gasteiger partial charge in [-0.1, -0.05) is 194 Å². The first kappa shape index (κ1) is 32.2. The molecule has 0 radical (unpaired) electrons. The first-order valence-electron chi connectivity index (χ1n) is 19.3. The summed E-state index contributed by atoms with van der Waals surface area (Å²) in [5, 5.41) is 7.80.